The third-order valence-electron chi connectivity index (χ3n) is 3.70. The summed E-state index contributed by atoms with van der Waals surface area (Å²) >= 11 is 0. The van der Waals surface area contributed by atoms with Crippen LogP contribution in [0.4, 0.5) is 5.69 Å². The molecule has 1 fully saturated rings. The number of nitrogens with two attached hydrogens (primary N) is 1. The van der Waals surface area contributed by atoms with Crippen LogP contribution in [0.3, 0.4) is 0 Å². The molecule has 5 nitrogen and oxygen atoms in total. The van der Waals surface area contributed by atoms with E-state index in [1.165, 1.54) is 4.90 Å². The van der Waals surface area contributed by atoms with Crippen LogP contribution in [0, 0.1) is 0 Å². The number of rotatable bonds is 5. The van der Waals surface area contributed by atoms with E-state index in [1.54, 1.807) is 18.2 Å². The van der Waals surface area contributed by atoms with Crippen molar-refractivity contribution in [2.24, 2.45) is 0 Å². The summed E-state index contributed by atoms with van der Waals surface area (Å²) < 4.78 is 0. The Morgan fingerprint density at radius 2 is 2.00 bits per heavy atom. The maximum absolute atomic E-state index is 12.4. The Hall–Kier alpha value is -2.04. The fraction of sp³-hybridized carbons (Fsp3) is 0.467. The molecule has 0 heterocycles. The molecule has 0 spiro atoms. The van der Waals surface area contributed by atoms with Gasteiger partial charge in [0.25, 0.3) is 0 Å². The number of hydrogen-bond acceptors (Lipinski definition) is 3. The molecule has 1 saturated carbocycles. The van der Waals surface area contributed by atoms with Crippen molar-refractivity contribution in [1.82, 2.24) is 4.90 Å². The summed E-state index contributed by atoms with van der Waals surface area (Å²) in [5.74, 6) is -1.09. The van der Waals surface area contributed by atoms with Crippen molar-refractivity contribution in [3.05, 3.63) is 29.8 Å². The standard InChI is InChI=1S/C15H20N2O3/c16-12-5-3-4-11(8-12)9-14(18)17(10-15(19)20)13-6-1-2-7-13/h3-5,8,13H,1-2,6-7,9-10,16H2,(H,19,20). The van der Waals surface area contributed by atoms with Crippen LogP contribution in [0.5, 0.6) is 0 Å². The molecule has 0 saturated heterocycles. The Balaban J connectivity index is 2.07. The highest BCUT2D eigenvalue weighted by atomic mass is 16.4. The molecule has 1 aromatic rings. The van der Waals surface area contributed by atoms with E-state index in [2.05, 4.69) is 0 Å². The topological polar surface area (TPSA) is 83.6 Å². The summed E-state index contributed by atoms with van der Waals surface area (Å²) in [6, 6.07) is 7.22. The zero-order chi connectivity index (χ0) is 14.5. The van der Waals surface area contributed by atoms with Crippen molar-refractivity contribution in [3.8, 4) is 0 Å². The molecule has 3 N–H and O–H groups in total. The van der Waals surface area contributed by atoms with Gasteiger partial charge in [-0.2, -0.15) is 0 Å². The van der Waals surface area contributed by atoms with Gasteiger partial charge in [-0.05, 0) is 30.5 Å². The van der Waals surface area contributed by atoms with Crippen LogP contribution in [-0.2, 0) is 16.0 Å². The molecule has 1 amide bonds. The molecular formula is C15H20N2O3. The summed E-state index contributed by atoms with van der Waals surface area (Å²) in [5.41, 5.74) is 7.13. The summed E-state index contributed by atoms with van der Waals surface area (Å²) in [6.07, 6.45) is 4.12. The fourth-order valence-electron chi connectivity index (χ4n) is 2.76. The smallest absolute Gasteiger partial charge is 0.323 e. The number of carbonyl (C=O) groups excluding carboxylic acids is 1. The number of benzene rings is 1. The Kier molecular flexibility index (Phi) is 4.61. The Morgan fingerprint density at radius 1 is 1.30 bits per heavy atom. The van der Waals surface area contributed by atoms with Crippen molar-refractivity contribution >= 4 is 17.6 Å². The van der Waals surface area contributed by atoms with Gasteiger partial charge < -0.3 is 15.7 Å². The molecule has 0 radical (unpaired) electrons. The molecule has 2 rings (SSSR count). The SMILES string of the molecule is Nc1cccc(CC(=O)N(CC(=O)O)C2CCCC2)c1. The van der Waals surface area contributed by atoms with E-state index >= 15 is 0 Å². The molecule has 1 aromatic carbocycles. The van der Waals surface area contributed by atoms with Gasteiger partial charge in [0.1, 0.15) is 6.54 Å². The van der Waals surface area contributed by atoms with Crippen LogP contribution in [0.25, 0.3) is 0 Å². The van der Waals surface area contributed by atoms with Crippen LogP contribution < -0.4 is 5.73 Å². The highest BCUT2D eigenvalue weighted by molar-refractivity contribution is 5.83. The van der Waals surface area contributed by atoms with Crippen LogP contribution in [0.1, 0.15) is 31.2 Å². The maximum Gasteiger partial charge on any atom is 0.323 e. The van der Waals surface area contributed by atoms with Crippen molar-refractivity contribution in [2.45, 2.75) is 38.1 Å². The van der Waals surface area contributed by atoms with Crippen LogP contribution in [0.15, 0.2) is 24.3 Å². The van der Waals surface area contributed by atoms with E-state index in [0.29, 0.717) is 5.69 Å². The quantitative estimate of drug-likeness (QED) is 0.801. The number of nitrogen functional groups attached to an aromatic ring is 1. The summed E-state index contributed by atoms with van der Waals surface area (Å²) in [5, 5.41) is 8.99. The second kappa shape index (κ2) is 6.41. The predicted molar refractivity (Wildman–Crippen MR) is 76.2 cm³/mol. The average Bonchev–Trinajstić information content (AvgIpc) is 2.89. The number of anilines is 1. The molecule has 0 aliphatic heterocycles. The third-order valence-corrected chi connectivity index (χ3v) is 3.70. The minimum absolute atomic E-state index is 0.0691. The number of nitrogens with zero attached hydrogens (tertiary/aromatic N) is 1. The van der Waals surface area contributed by atoms with E-state index in [0.717, 1.165) is 31.2 Å². The largest absolute Gasteiger partial charge is 0.480 e. The fourth-order valence-corrected chi connectivity index (χ4v) is 2.76. The van der Waals surface area contributed by atoms with Crippen molar-refractivity contribution in [1.29, 1.82) is 0 Å². The molecule has 0 bridgehead atoms. The molecule has 1 aliphatic rings. The minimum Gasteiger partial charge on any atom is -0.480 e. The second-order valence-corrected chi connectivity index (χ2v) is 5.28. The molecule has 0 aromatic heterocycles. The van der Waals surface area contributed by atoms with Crippen LogP contribution in [-0.4, -0.2) is 34.5 Å². The number of carbonyl (C=O) groups is 2. The van der Waals surface area contributed by atoms with E-state index < -0.39 is 5.97 Å². The van der Waals surface area contributed by atoms with Crippen molar-refractivity contribution in [3.63, 3.8) is 0 Å². The average molecular weight is 276 g/mol. The number of aliphatic carboxylic acids is 1. The Bertz CT molecular complexity index is 496. The van der Waals surface area contributed by atoms with E-state index in [1.807, 2.05) is 6.07 Å². The van der Waals surface area contributed by atoms with Gasteiger partial charge in [-0.15, -0.1) is 0 Å². The highest BCUT2D eigenvalue weighted by Crippen LogP contribution is 2.24. The Labute approximate surface area is 118 Å². The van der Waals surface area contributed by atoms with Gasteiger partial charge in [0.05, 0.1) is 6.42 Å². The first kappa shape index (κ1) is 14.4. The lowest BCUT2D eigenvalue weighted by Crippen LogP contribution is -2.43. The summed E-state index contributed by atoms with van der Waals surface area (Å²) in [4.78, 5) is 24.8. The third kappa shape index (κ3) is 3.73. The van der Waals surface area contributed by atoms with Gasteiger partial charge in [-0.25, -0.2) is 0 Å². The van der Waals surface area contributed by atoms with E-state index in [9.17, 15) is 9.59 Å². The van der Waals surface area contributed by atoms with Crippen molar-refractivity contribution in [2.75, 3.05) is 12.3 Å². The predicted octanol–water partition coefficient (Wildman–Crippen LogP) is 1.67. The van der Waals surface area contributed by atoms with E-state index in [4.69, 9.17) is 10.8 Å². The zero-order valence-corrected chi connectivity index (χ0v) is 11.4. The molecule has 108 valence electrons. The molecular weight excluding hydrogens is 256 g/mol. The zero-order valence-electron chi connectivity index (χ0n) is 11.4. The van der Waals surface area contributed by atoms with Gasteiger partial charge in [0.15, 0.2) is 0 Å². The first-order chi connectivity index (χ1) is 9.56. The normalized spacial score (nSPS) is 15.2. The lowest BCUT2D eigenvalue weighted by molar-refractivity contribution is -0.145. The second-order valence-electron chi connectivity index (χ2n) is 5.28. The van der Waals surface area contributed by atoms with Gasteiger partial charge in [0, 0.05) is 11.7 Å². The first-order valence-corrected chi connectivity index (χ1v) is 6.92. The molecule has 20 heavy (non-hydrogen) atoms. The lowest BCUT2D eigenvalue weighted by atomic mass is 10.1. The number of amides is 1. The Morgan fingerprint density at radius 3 is 2.60 bits per heavy atom. The van der Waals surface area contributed by atoms with Crippen LogP contribution >= 0.6 is 0 Å². The maximum atomic E-state index is 12.4. The lowest BCUT2D eigenvalue weighted by Gasteiger charge is -2.27. The van der Waals surface area contributed by atoms with E-state index in [-0.39, 0.29) is 24.9 Å². The number of carboxylic acid groups (broad SMARTS) is 1. The molecule has 1 aliphatic carbocycles. The van der Waals surface area contributed by atoms with Gasteiger partial charge in [-0.1, -0.05) is 25.0 Å². The van der Waals surface area contributed by atoms with Gasteiger partial charge >= 0.3 is 5.97 Å². The van der Waals surface area contributed by atoms with Gasteiger partial charge in [0.2, 0.25) is 5.91 Å². The molecule has 0 atom stereocenters. The molecule has 0 unspecified atom stereocenters. The first-order valence-electron chi connectivity index (χ1n) is 6.92. The minimum atomic E-state index is -0.960. The summed E-state index contributed by atoms with van der Waals surface area (Å²) in [6.45, 7) is -0.216. The molecule has 5 heteroatoms. The monoisotopic (exact) mass is 276 g/mol. The van der Waals surface area contributed by atoms with Gasteiger partial charge in [-0.3, -0.25) is 9.59 Å². The highest BCUT2D eigenvalue weighted by Gasteiger charge is 2.28. The number of carboxylic acids is 1. The van der Waals surface area contributed by atoms with Crippen molar-refractivity contribution < 1.29 is 14.7 Å². The summed E-state index contributed by atoms with van der Waals surface area (Å²) in [7, 11) is 0. The van der Waals surface area contributed by atoms with Crippen LogP contribution in [0.2, 0.25) is 0 Å². The number of hydrogen-bond donors (Lipinski definition) is 2.